The van der Waals surface area contributed by atoms with Gasteiger partial charge in [-0.25, -0.2) is 8.78 Å². The number of hydrogen-bond donors (Lipinski definition) is 1. The smallest absolute Gasteiger partial charge is 0.143 e. The molecule has 0 radical (unpaired) electrons. The van der Waals surface area contributed by atoms with E-state index in [1.807, 2.05) is 0 Å². The summed E-state index contributed by atoms with van der Waals surface area (Å²) < 4.78 is 27.4. The van der Waals surface area contributed by atoms with Crippen LogP contribution in [0.3, 0.4) is 0 Å². The van der Waals surface area contributed by atoms with Gasteiger partial charge < -0.3 is 5.73 Å². The van der Waals surface area contributed by atoms with Crippen LogP contribution in [0, 0.1) is 23.5 Å². The average molecular weight is 290 g/mol. The lowest BCUT2D eigenvalue weighted by atomic mass is 10.0. The number of hydrogen-bond acceptors (Lipinski definition) is 1. The fourth-order valence-electron chi connectivity index (χ4n) is 2.09. The summed E-state index contributed by atoms with van der Waals surface area (Å²) in [5.41, 5.74) is 6.04. The van der Waals surface area contributed by atoms with Crippen LogP contribution >= 0.6 is 15.9 Å². The summed E-state index contributed by atoms with van der Waals surface area (Å²) in [6.07, 6.45) is 1.34. The summed E-state index contributed by atoms with van der Waals surface area (Å²) in [7, 11) is 0. The van der Waals surface area contributed by atoms with Crippen molar-refractivity contribution < 1.29 is 8.78 Å². The maximum atomic E-state index is 13.7. The van der Waals surface area contributed by atoms with Gasteiger partial charge in [0.15, 0.2) is 0 Å². The average Bonchev–Trinajstić information content (AvgIpc) is 2.96. The molecule has 2 N–H and O–H groups in total. The summed E-state index contributed by atoms with van der Waals surface area (Å²) >= 11 is 3.05. The van der Waals surface area contributed by atoms with Gasteiger partial charge in [0.25, 0.3) is 0 Å². The van der Waals surface area contributed by atoms with Crippen molar-refractivity contribution in [1.29, 1.82) is 0 Å². The third-order valence-corrected chi connectivity index (χ3v) is 3.91. The van der Waals surface area contributed by atoms with E-state index < -0.39 is 11.6 Å². The molecule has 4 heteroatoms. The molecule has 1 aliphatic carbocycles. The van der Waals surface area contributed by atoms with E-state index in [1.165, 1.54) is 12.1 Å². The van der Waals surface area contributed by atoms with Crippen molar-refractivity contribution in [3.05, 3.63) is 33.8 Å². The third-order valence-electron chi connectivity index (χ3n) is 3.30. The Labute approximate surface area is 102 Å². The Morgan fingerprint density at radius 1 is 1.50 bits per heavy atom. The zero-order valence-corrected chi connectivity index (χ0v) is 10.6. The Kier molecular flexibility index (Phi) is 3.31. The van der Waals surface area contributed by atoms with Crippen LogP contribution < -0.4 is 5.73 Å². The van der Waals surface area contributed by atoms with Crippen molar-refractivity contribution in [2.75, 3.05) is 0 Å². The fourth-order valence-corrected chi connectivity index (χ4v) is 2.46. The maximum absolute atomic E-state index is 13.7. The molecule has 1 aromatic rings. The second kappa shape index (κ2) is 4.41. The quantitative estimate of drug-likeness (QED) is 0.850. The monoisotopic (exact) mass is 289 g/mol. The lowest BCUT2D eigenvalue weighted by Gasteiger charge is -2.13. The standard InChI is InChI=1S/C12H14BrF2N/c1-6-4-7(6)11(16)5-8-10(14)3-2-9(13)12(8)15/h2-3,6-7,11H,4-5,16H2,1H3. The zero-order chi connectivity index (χ0) is 11.9. The Bertz CT molecular complexity index is 408. The van der Waals surface area contributed by atoms with Gasteiger partial charge in [-0.1, -0.05) is 6.92 Å². The predicted molar refractivity (Wildman–Crippen MR) is 63.0 cm³/mol. The fraction of sp³-hybridized carbons (Fsp3) is 0.500. The first-order chi connectivity index (χ1) is 7.50. The van der Waals surface area contributed by atoms with E-state index in [4.69, 9.17) is 5.73 Å². The van der Waals surface area contributed by atoms with Crippen LogP contribution in [-0.4, -0.2) is 6.04 Å². The highest BCUT2D eigenvalue weighted by molar-refractivity contribution is 9.10. The Morgan fingerprint density at radius 2 is 2.12 bits per heavy atom. The first kappa shape index (κ1) is 12.0. The lowest BCUT2D eigenvalue weighted by molar-refractivity contribution is 0.503. The molecule has 0 heterocycles. The minimum atomic E-state index is -0.524. The SMILES string of the molecule is CC1CC1C(N)Cc1c(F)ccc(Br)c1F. The van der Waals surface area contributed by atoms with Gasteiger partial charge in [0.1, 0.15) is 11.6 Å². The molecule has 0 saturated heterocycles. The molecular formula is C12H14BrF2N. The number of halogens is 3. The summed E-state index contributed by atoms with van der Waals surface area (Å²) in [4.78, 5) is 0. The van der Waals surface area contributed by atoms with Crippen molar-refractivity contribution >= 4 is 15.9 Å². The molecule has 0 spiro atoms. The van der Waals surface area contributed by atoms with E-state index >= 15 is 0 Å². The summed E-state index contributed by atoms with van der Waals surface area (Å²) in [5, 5.41) is 0. The van der Waals surface area contributed by atoms with E-state index in [-0.39, 0.29) is 18.0 Å². The van der Waals surface area contributed by atoms with Crippen molar-refractivity contribution in [3.8, 4) is 0 Å². The van der Waals surface area contributed by atoms with Gasteiger partial charge in [0.2, 0.25) is 0 Å². The van der Waals surface area contributed by atoms with Gasteiger partial charge in [-0.3, -0.25) is 0 Å². The summed E-state index contributed by atoms with van der Waals surface area (Å²) in [6, 6.07) is 2.50. The molecular weight excluding hydrogens is 276 g/mol. The topological polar surface area (TPSA) is 26.0 Å². The molecule has 0 aliphatic heterocycles. The minimum absolute atomic E-state index is 0.0981. The number of rotatable bonds is 3. The van der Waals surface area contributed by atoms with Crippen LogP contribution in [0.1, 0.15) is 18.9 Å². The highest BCUT2D eigenvalue weighted by atomic mass is 79.9. The van der Waals surface area contributed by atoms with Crippen molar-refractivity contribution in [1.82, 2.24) is 0 Å². The molecule has 2 rings (SSSR count). The predicted octanol–water partition coefficient (Wildman–Crippen LogP) is 3.25. The van der Waals surface area contributed by atoms with Crippen LogP contribution in [0.25, 0.3) is 0 Å². The largest absolute Gasteiger partial charge is 0.327 e. The molecule has 1 aliphatic rings. The Morgan fingerprint density at radius 3 is 2.69 bits per heavy atom. The molecule has 0 aromatic heterocycles. The van der Waals surface area contributed by atoms with Crippen LogP contribution in [0.15, 0.2) is 16.6 Å². The third kappa shape index (κ3) is 2.28. The molecule has 1 fully saturated rings. The van der Waals surface area contributed by atoms with Gasteiger partial charge in [-0.15, -0.1) is 0 Å². The van der Waals surface area contributed by atoms with Crippen LogP contribution in [0.4, 0.5) is 8.78 Å². The molecule has 0 amide bonds. The highest BCUT2D eigenvalue weighted by Gasteiger charge is 2.38. The molecule has 3 atom stereocenters. The Balaban J connectivity index is 2.17. The summed E-state index contributed by atoms with van der Waals surface area (Å²) in [5.74, 6) is -0.0285. The van der Waals surface area contributed by atoms with E-state index in [0.29, 0.717) is 16.3 Å². The van der Waals surface area contributed by atoms with E-state index in [9.17, 15) is 8.78 Å². The van der Waals surface area contributed by atoms with E-state index in [1.54, 1.807) is 0 Å². The summed E-state index contributed by atoms with van der Waals surface area (Å²) in [6.45, 7) is 2.11. The van der Waals surface area contributed by atoms with Gasteiger partial charge in [-0.2, -0.15) is 0 Å². The first-order valence-corrected chi connectivity index (χ1v) is 6.18. The second-order valence-corrected chi connectivity index (χ2v) is 5.42. The molecule has 0 bridgehead atoms. The Hall–Kier alpha value is -0.480. The van der Waals surface area contributed by atoms with Gasteiger partial charge in [0, 0.05) is 11.6 Å². The molecule has 1 saturated carbocycles. The zero-order valence-electron chi connectivity index (χ0n) is 9.01. The van der Waals surface area contributed by atoms with Crippen LogP contribution in [0.5, 0.6) is 0 Å². The maximum Gasteiger partial charge on any atom is 0.143 e. The molecule has 3 unspecified atom stereocenters. The van der Waals surface area contributed by atoms with Crippen molar-refractivity contribution in [2.24, 2.45) is 17.6 Å². The molecule has 88 valence electrons. The highest BCUT2D eigenvalue weighted by Crippen LogP contribution is 2.41. The lowest BCUT2D eigenvalue weighted by Crippen LogP contribution is -2.27. The van der Waals surface area contributed by atoms with Gasteiger partial charge >= 0.3 is 0 Å². The van der Waals surface area contributed by atoms with Gasteiger partial charge in [0.05, 0.1) is 4.47 Å². The minimum Gasteiger partial charge on any atom is -0.327 e. The van der Waals surface area contributed by atoms with E-state index in [2.05, 4.69) is 22.9 Å². The molecule has 1 nitrogen and oxygen atoms in total. The van der Waals surface area contributed by atoms with Crippen LogP contribution in [-0.2, 0) is 6.42 Å². The normalized spacial score (nSPS) is 25.6. The number of nitrogens with two attached hydrogens (primary N) is 1. The van der Waals surface area contributed by atoms with Crippen LogP contribution in [0.2, 0.25) is 0 Å². The second-order valence-electron chi connectivity index (χ2n) is 4.57. The van der Waals surface area contributed by atoms with Gasteiger partial charge in [-0.05, 0) is 52.7 Å². The molecule has 1 aromatic carbocycles. The number of benzene rings is 1. The van der Waals surface area contributed by atoms with E-state index in [0.717, 1.165) is 6.42 Å². The van der Waals surface area contributed by atoms with Crippen molar-refractivity contribution in [3.63, 3.8) is 0 Å². The first-order valence-electron chi connectivity index (χ1n) is 5.38. The van der Waals surface area contributed by atoms with Crippen molar-refractivity contribution in [2.45, 2.75) is 25.8 Å². The molecule has 16 heavy (non-hydrogen) atoms.